The van der Waals surface area contributed by atoms with Gasteiger partial charge in [0, 0.05) is 5.69 Å². The van der Waals surface area contributed by atoms with E-state index in [1.54, 1.807) is 43.5 Å². The average molecular weight is 444 g/mol. The van der Waals surface area contributed by atoms with Crippen molar-refractivity contribution in [1.29, 1.82) is 0 Å². The fourth-order valence-corrected chi connectivity index (χ4v) is 5.90. The number of rotatable bonds is 6. The molecule has 5 aliphatic rings. The maximum atomic E-state index is 13.0. The molecule has 2 aromatic rings. The SMILES string of the molecule is COc1ccc(Oc2ccc(NC(=O)CN3C(=O)[C@@H]4[C@H]5C=C[C@H]([C@H]6C[C@H]56)[C@@H]4C3=O)cc2)cc1. The number of amides is 3. The minimum Gasteiger partial charge on any atom is -0.497 e. The van der Waals surface area contributed by atoms with E-state index in [4.69, 9.17) is 9.47 Å². The molecular formula is C26H24N2O5. The van der Waals surface area contributed by atoms with Crippen LogP contribution in [-0.4, -0.2) is 36.3 Å². The van der Waals surface area contributed by atoms with Crippen LogP contribution in [0.3, 0.4) is 0 Å². The number of carbonyl (C=O) groups is 3. The zero-order valence-electron chi connectivity index (χ0n) is 18.1. The topological polar surface area (TPSA) is 84.9 Å². The first-order valence-electron chi connectivity index (χ1n) is 11.3. The van der Waals surface area contributed by atoms with Crippen molar-refractivity contribution in [1.82, 2.24) is 4.90 Å². The van der Waals surface area contributed by atoms with Gasteiger partial charge in [-0.25, -0.2) is 0 Å². The van der Waals surface area contributed by atoms with Crippen LogP contribution < -0.4 is 14.8 Å². The molecule has 1 heterocycles. The molecule has 6 atom stereocenters. The number of hydrogen-bond acceptors (Lipinski definition) is 5. The molecule has 7 rings (SSSR count). The highest BCUT2D eigenvalue weighted by Gasteiger charge is 2.67. The molecule has 3 amide bonds. The number of carbonyl (C=O) groups excluding carboxylic acids is 3. The van der Waals surface area contributed by atoms with Gasteiger partial charge in [0.15, 0.2) is 0 Å². The third kappa shape index (κ3) is 3.30. The summed E-state index contributed by atoms with van der Waals surface area (Å²) < 4.78 is 10.9. The van der Waals surface area contributed by atoms with E-state index >= 15 is 0 Å². The van der Waals surface area contributed by atoms with Crippen LogP contribution in [0.4, 0.5) is 5.69 Å². The first-order chi connectivity index (χ1) is 16.0. The summed E-state index contributed by atoms with van der Waals surface area (Å²) in [6.07, 6.45) is 5.38. The molecule has 7 nitrogen and oxygen atoms in total. The molecule has 2 aromatic carbocycles. The highest BCUT2D eigenvalue weighted by molar-refractivity contribution is 6.09. The van der Waals surface area contributed by atoms with Crippen LogP contribution in [0, 0.1) is 35.5 Å². The third-order valence-electron chi connectivity index (χ3n) is 7.49. The second-order valence-electron chi connectivity index (χ2n) is 9.27. The molecule has 1 aliphatic heterocycles. The Balaban J connectivity index is 1.08. The molecule has 0 spiro atoms. The standard InChI is InChI=1S/C26H24N2O5/c1-32-15-6-8-17(9-7-15)33-16-4-2-14(3-5-16)27-22(29)13-28-25(30)23-18-10-11-19(21-12-20(18)21)24(23)26(28)31/h2-11,18-21,23-24H,12-13H2,1H3,(H,27,29)/t18-,19+,20-,21-,23+,24-/m1/s1. The van der Waals surface area contributed by atoms with Crippen LogP contribution in [0.25, 0.3) is 0 Å². The van der Waals surface area contributed by atoms with Gasteiger partial charge in [-0.2, -0.15) is 0 Å². The molecule has 2 saturated carbocycles. The summed E-state index contributed by atoms with van der Waals surface area (Å²) in [5.74, 6) is 2.13. The van der Waals surface area contributed by atoms with E-state index in [1.165, 1.54) is 4.90 Å². The average Bonchev–Trinajstić information content (AvgIpc) is 3.62. The maximum Gasteiger partial charge on any atom is 0.244 e. The van der Waals surface area contributed by atoms with Crippen LogP contribution in [0.1, 0.15) is 6.42 Å². The van der Waals surface area contributed by atoms with Crippen molar-refractivity contribution < 1.29 is 23.9 Å². The van der Waals surface area contributed by atoms with E-state index in [2.05, 4.69) is 17.5 Å². The lowest BCUT2D eigenvalue weighted by Gasteiger charge is -2.37. The number of hydrogen-bond donors (Lipinski definition) is 1. The normalized spacial score (nSPS) is 30.6. The van der Waals surface area contributed by atoms with Gasteiger partial charge in [-0.3, -0.25) is 19.3 Å². The Hall–Kier alpha value is -3.61. The van der Waals surface area contributed by atoms with Gasteiger partial charge in [-0.15, -0.1) is 0 Å². The van der Waals surface area contributed by atoms with Crippen LogP contribution in [0.2, 0.25) is 0 Å². The summed E-state index contributed by atoms with van der Waals surface area (Å²) in [5, 5.41) is 2.78. The van der Waals surface area contributed by atoms with E-state index in [1.807, 2.05) is 12.1 Å². The van der Waals surface area contributed by atoms with Crippen molar-refractivity contribution >= 4 is 23.4 Å². The van der Waals surface area contributed by atoms with E-state index in [9.17, 15) is 14.4 Å². The van der Waals surface area contributed by atoms with Crippen molar-refractivity contribution in [3.05, 3.63) is 60.7 Å². The van der Waals surface area contributed by atoms with Crippen LogP contribution in [0.5, 0.6) is 17.2 Å². The number of nitrogens with zero attached hydrogens (tertiary/aromatic N) is 1. The second kappa shape index (κ2) is 7.47. The fourth-order valence-electron chi connectivity index (χ4n) is 5.90. The number of methoxy groups -OCH3 is 1. The molecular weight excluding hydrogens is 420 g/mol. The minimum atomic E-state index is -0.385. The van der Waals surface area contributed by atoms with Crippen molar-refractivity contribution in [3.8, 4) is 17.2 Å². The van der Waals surface area contributed by atoms with Crippen LogP contribution in [0.15, 0.2) is 60.7 Å². The monoisotopic (exact) mass is 444 g/mol. The van der Waals surface area contributed by atoms with Gasteiger partial charge in [-0.1, -0.05) is 12.2 Å². The molecule has 3 fully saturated rings. The van der Waals surface area contributed by atoms with Crippen molar-refractivity contribution in [3.63, 3.8) is 0 Å². The Morgan fingerprint density at radius 3 is 1.94 bits per heavy atom. The van der Waals surface area contributed by atoms with Crippen molar-refractivity contribution in [2.24, 2.45) is 35.5 Å². The number of nitrogens with one attached hydrogen (secondary N) is 1. The maximum absolute atomic E-state index is 13.0. The van der Waals surface area contributed by atoms with Gasteiger partial charge in [0.1, 0.15) is 23.8 Å². The van der Waals surface area contributed by atoms with Crippen molar-refractivity contribution in [2.45, 2.75) is 6.42 Å². The van der Waals surface area contributed by atoms with Gasteiger partial charge in [0.05, 0.1) is 18.9 Å². The predicted octanol–water partition coefficient (Wildman–Crippen LogP) is 3.48. The highest BCUT2D eigenvalue weighted by Crippen LogP contribution is 2.65. The molecule has 2 bridgehead atoms. The lowest BCUT2D eigenvalue weighted by molar-refractivity contribution is -0.142. The third-order valence-corrected chi connectivity index (χ3v) is 7.49. The molecule has 1 saturated heterocycles. The Bertz CT molecular complexity index is 1120. The molecule has 0 unspecified atom stereocenters. The summed E-state index contributed by atoms with van der Waals surface area (Å²) in [6, 6.07) is 14.2. The van der Waals surface area contributed by atoms with E-state index < -0.39 is 0 Å². The van der Waals surface area contributed by atoms with E-state index in [0.717, 1.165) is 12.2 Å². The predicted molar refractivity (Wildman–Crippen MR) is 120 cm³/mol. The highest BCUT2D eigenvalue weighted by atomic mass is 16.5. The Kier molecular flexibility index (Phi) is 4.54. The van der Waals surface area contributed by atoms with Gasteiger partial charge in [-0.05, 0) is 78.6 Å². The molecule has 168 valence electrons. The summed E-state index contributed by atoms with van der Waals surface area (Å²) in [5.41, 5.74) is 0.571. The molecule has 0 radical (unpaired) electrons. The molecule has 4 aliphatic carbocycles. The molecule has 33 heavy (non-hydrogen) atoms. The summed E-state index contributed by atoms with van der Waals surface area (Å²) in [4.78, 5) is 39.8. The first kappa shape index (κ1) is 20.0. The largest absolute Gasteiger partial charge is 0.497 e. The number of anilines is 1. The van der Waals surface area contributed by atoms with Gasteiger partial charge in [0.25, 0.3) is 0 Å². The Labute approximate surface area is 191 Å². The number of ether oxygens (including phenoxy) is 2. The van der Waals surface area contributed by atoms with Gasteiger partial charge < -0.3 is 14.8 Å². The number of benzene rings is 2. The number of allylic oxidation sites excluding steroid dienone is 2. The summed E-state index contributed by atoms with van der Waals surface area (Å²) in [7, 11) is 1.61. The summed E-state index contributed by atoms with van der Waals surface area (Å²) in [6.45, 7) is -0.246. The quantitative estimate of drug-likeness (QED) is 0.545. The zero-order chi connectivity index (χ0) is 22.7. The Morgan fingerprint density at radius 1 is 0.879 bits per heavy atom. The lowest BCUT2D eigenvalue weighted by atomic mass is 9.63. The first-order valence-corrected chi connectivity index (χ1v) is 11.3. The minimum absolute atomic E-state index is 0.160. The van der Waals surface area contributed by atoms with E-state index in [-0.39, 0.29) is 47.9 Å². The second-order valence-corrected chi connectivity index (χ2v) is 9.27. The molecule has 7 heteroatoms. The lowest BCUT2D eigenvalue weighted by Crippen LogP contribution is -2.40. The summed E-state index contributed by atoms with van der Waals surface area (Å²) >= 11 is 0. The van der Waals surface area contributed by atoms with Crippen LogP contribution >= 0.6 is 0 Å². The fraction of sp³-hybridized carbons (Fsp3) is 0.346. The van der Waals surface area contributed by atoms with E-state index in [0.29, 0.717) is 29.0 Å². The number of likely N-dealkylation sites (tertiary alicyclic amines) is 1. The Morgan fingerprint density at radius 2 is 1.39 bits per heavy atom. The molecule has 0 aromatic heterocycles. The molecule has 1 N–H and O–H groups in total. The van der Waals surface area contributed by atoms with Crippen molar-refractivity contribution in [2.75, 3.05) is 19.0 Å². The zero-order valence-corrected chi connectivity index (χ0v) is 18.1. The van der Waals surface area contributed by atoms with Gasteiger partial charge in [0.2, 0.25) is 17.7 Å². The smallest absolute Gasteiger partial charge is 0.244 e. The number of imide groups is 1. The van der Waals surface area contributed by atoms with Gasteiger partial charge >= 0.3 is 0 Å². The van der Waals surface area contributed by atoms with Crippen LogP contribution in [-0.2, 0) is 14.4 Å².